The summed E-state index contributed by atoms with van der Waals surface area (Å²) in [5, 5.41) is 11.5. The quantitative estimate of drug-likeness (QED) is 0.271. The first kappa shape index (κ1) is 22.1. The Morgan fingerprint density at radius 3 is 2.29 bits per heavy atom. The summed E-state index contributed by atoms with van der Waals surface area (Å²) in [6, 6.07) is 20.4. The van der Waals surface area contributed by atoms with Crippen molar-refractivity contribution in [3.05, 3.63) is 88.5 Å². The van der Waals surface area contributed by atoms with Crippen molar-refractivity contribution in [2.24, 2.45) is 0 Å². The second kappa shape index (κ2) is 8.89. The number of aliphatic carboxylic acids is 1. The summed E-state index contributed by atoms with van der Waals surface area (Å²) in [7, 11) is 0. The molecule has 0 saturated heterocycles. The number of fused-ring (bicyclic) bond motifs is 2. The van der Waals surface area contributed by atoms with Crippen molar-refractivity contribution in [2.75, 3.05) is 0 Å². The van der Waals surface area contributed by atoms with Crippen LogP contribution in [0.1, 0.15) is 23.2 Å². The van der Waals surface area contributed by atoms with Crippen molar-refractivity contribution in [1.29, 1.82) is 0 Å². The number of aromatic nitrogens is 3. The van der Waals surface area contributed by atoms with Crippen molar-refractivity contribution in [1.82, 2.24) is 14.5 Å². The van der Waals surface area contributed by atoms with E-state index < -0.39 is 5.97 Å². The molecule has 0 aliphatic heterocycles. The number of hydrogen-bond acceptors (Lipinski definition) is 4. The second-order valence-electron chi connectivity index (χ2n) is 7.79. The van der Waals surface area contributed by atoms with Crippen molar-refractivity contribution in [3.8, 4) is 17.2 Å². The average molecular weight is 490 g/mol. The molecule has 0 unspecified atom stereocenters. The van der Waals surface area contributed by atoms with Crippen molar-refractivity contribution >= 4 is 56.8 Å². The third kappa shape index (κ3) is 4.14. The molecule has 6 nitrogen and oxygen atoms in total. The molecule has 0 radical (unpaired) electrons. The zero-order chi connectivity index (χ0) is 23.8. The van der Waals surface area contributed by atoms with E-state index in [0.29, 0.717) is 43.7 Å². The summed E-state index contributed by atoms with van der Waals surface area (Å²) in [5.74, 6) is -0.943. The Balaban J connectivity index is 1.75. The molecule has 0 amide bonds. The first-order valence-electron chi connectivity index (χ1n) is 10.5. The molecule has 0 aliphatic carbocycles. The normalized spacial score (nSPS) is 11.2. The number of rotatable bonds is 6. The Morgan fingerprint density at radius 2 is 1.56 bits per heavy atom. The summed E-state index contributed by atoms with van der Waals surface area (Å²) in [5.41, 5.74) is 3.37. The van der Waals surface area contributed by atoms with Crippen LogP contribution >= 0.6 is 23.2 Å². The number of carboxylic acid groups (broad SMARTS) is 1. The monoisotopic (exact) mass is 489 g/mol. The van der Waals surface area contributed by atoms with Gasteiger partial charge in [0.1, 0.15) is 0 Å². The Labute approximate surface area is 204 Å². The van der Waals surface area contributed by atoms with Crippen molar-refractivity contribution < 1.29 is 14.7 Å². The minimum atomic E-state index is -1.03. The molecule has 0 spiro atoms. The fraction of sp³-hybridized carbons (Fsp3) is 0.0769. The molecule has 0 aliphatic rings. The minimum absolute atomic E-state index is 0.118. The predicted molar refractivity (Wildman–Crippen MR) is 133 cm³/mol. The first-order valence-corrected chi connectivity index (χ1v) is 11.2. The molecular weight excluding hydrogens is 473 g/mol. The number of hydrogen-bond donors (Lipinski definition) is 1. The zero-order valence-corrected chi connectivity index (χ0v) is 19.2. The maximum absolute atomic E-state index is 12.9. The highest BCUT2D eigenvalue weighted by atomic mass is 35.5. The average Bonchev–Trinajstić information content (AvgIpc) is 3.21. The van der Waals surface area contributed by atoms with E-state index in [1.807, 2.05) is 42.5 Å². The van der Waals surface area contributed by atoms with Gasteiger partial charge in [0.05, 0.1) is 23.1 Å². The zero-order valence-electron chi connectivity index (χ0n) is 17.7. The smallest absolute Gasteiger partial charge is 0.303 e. The number of carbonyl (C=O) groups is 2. The molecular formula is C26H17Cl2N3O3. The fourth-order valence-corrected chi connectivity index (χ4v) is 4.30. The lowest BCUT2D eigenvalue weighted by Gasteiger charge is -2.11. The first-order chi connectivity index (χ1) is 16.4. The predicted octanol–water partition coefficient (Wildman–Crippen LogP) is 6.60. The number of halogens is 2. The van der Waals surface area contributed by atoms with Gasteiger partial charge in [-0.3, -0.25) is 14.2 Å². The van der Waals surface area contributed by atoms with Crippen LogP contribution in [0.15, 0.2) is 72.9 Å². The van der Waals surface area contributed by atoms with Gasteiger partial charge in [-0.25, -0.2) is 9.97 Å². The van der Waals surface area contributed by atoms with E-state index in [1.54, 1.807) is 35.0 Å². The molecule has 1 N–H and O–H groups in total. The lowest BCUT2D eigenvalue weighted by atomic mass is 10.1. The van der Waals surface area contributed by atoms with Crippen LogP contribution < -0.4 is 0 Å². The molecule has 5 rings (SSSR count). The molecule has 3 aromatic carbocycles. The molecule has 34 heavy (non-hydrogen) atoms. The van der Waals surface area contributed by atoms with Gasteiger partial charge in [0.15, 0.2) is 5.78 Å². The standard InChI is InChI=1S/C26H17Cl2N3O3/c27-16-6-8-21-19(13-16)25(15-4-2-1-3-5-15)30-26(29-21)31-14-20(23(32)10-11-24(33)34)18-12-17(28)7-9-22(18)31/h1-9,12-14H,10-11H2,(H,33,34). The van der Waals surface area contributed by atoms with E-state index in [9.17, 15) is 9.59 Å². The Hall–Kier alpha value is -3.74. The molecule has 0 atom stereocenters. The lowest BCUT2D eigenvalue weighted by Crippen LogP contribution is -2.04. The highest BCUT2D eigenvalue weighted by Crippen LogP contribution is 2.32. The van der Waals surface area contributed by atoms with Crippen LogP contribution in [0.4, 0.5) is 0 Å². The molecule has 0 bridgehead atoms. The second-order valence-corrected chi connectivity index (χ2v) is 8.66. The van der Waals surface area contributed by atoms with Crippen molar-refractivity contribution in [2.45, 2.75) is 12.8 Å². The summed E-state index contributed by atoms with van der Waals surface area (Å²) in [6.07, 6.45) is 1.28. The lowest BCUT2D eigenvalue weighted by molar-refractivity contribution is -0.136. The number of benzene rings is 3. The van der Waals surface area contributed by atoms with Gasteiger partial charge in [-0.2, -0.15) is 0 Å². The van der Waals surface area contributed by atoms with Crippen LogP contribution in [0.5, 0.6) is 0 Å². The number of nitrogens with zero attached hydrogens (tertiary/aromatic N) is 3. The summed E-state index contributed by atoms with van der Waals surface area (Å²) >= 11 is 12.5. The van der Waals surface area contributed by atoms with Crippen LogP contribution in [0.3, 0.4) is 0 Å². The third-order valence-electron chi connectivity index (χ3n) is 5.54. The van der Waals surface area contributed by atoms with Gasteiger partial charge >= 0.3 is 5.97 Å². The van der Waals surface area contributed by atoms with Crippen molar-refractivity contribution in [3.63, 3.8) is 0 Å². The van der Waals surface area contributed by atoms with E-state index in [-0.39, 0.29) is 18.6 Å². The fourth-order valence-electron chi connectivity index (χ4n) is 3.96. The molecule has 0 saturated carbocycles. The summed E-state index contributed by atoms with van der Waals surface area (Å²) in [4.78, 5) is 33.5. The molecule has 5 aromatic rings. The maximum Gasteiger partial charge on any atom is 0.303 e. The van der Waals surface area contributed by atoms with E-state index in [0.717, 1.165) is 10.9 Å². The van der Waals surface area contributed by atoms with E-state index in [2.05, 4.69) is 0 Å². The third-order valence-corrected chi connectivity index (χ3v) is 6.01. The topological polar surface area (TPSA) is 85.1 Å². The van der Waals surface area contributed by atoms with Gasteiger partial charge < -0.3 is 5.11 Å². The number of carbonyl (C=O) groups excluding carboxylic acids is 1. The molecule has 168 valence electrons. The van der Waals surface area contributed by atoms with Gasteiger partial charge in [0, 0.05) is 44.6 Å². The van der Waals surface area contributed by atoms with Crippen LogP contribution in [0.2, 0.25) is 10.0 Å². The number of ketones is 1. The largest absolute Gasteiger partial charge is 0.481 e. The van der Waals surface area contributed by atoms with Crippen LogP contribution in [-0.2, 0) is 4.79 Å². The van der Waals surface area contributed by atoms with Crippen LogP contribution in [0, 0.1) is 0 Å². The van der Waals surface area contributed by atoms with Gasteiger partial charge in [0.25, 0.3) is 0 Å². The number of Topliss-reactive ketones (excluding diaryl/α,β-unsaturated/α-hetero) is 1. The molecule has 2 heterocycles. The van der Waals surface area contributed by atoms with Gasteiger partial charge in [-0.05, 0) is 36.4 Å². The van der Waals surface area contributed by atoms with E-state index in [4.69, 9.17) is 38.3 Å². The number of carboxylic acids is 1. The van der Waals surface area contributed by atoms with Crippen LogP contribution in [0.25, 0.3) is 39.0 Å². The van der Waals surface area contributed by atoms with Gasteiger partial charge in [0.2, 0.25) is 5.95 Å². The summed E-state index contributed by atoms with van der Waals surface area (Å²) < 4.78 is 1.74. The summed E-state index contributed by atoms with van der Waals surface area (Å²) in [6.45, 7) is 0. The highest BCUT2D eigenvalue weighted by Gasteiger charge is 2.20. The minimum Gasteiger partial charge on any atom is -0.481 e. The Morgan fingerprint density at radius 1 is 0.853 bits per heavy atom. The van der Waals surface area contributed by atoms with E-state index in [1.165, 1.54) is 0 Å². The molecule has 8 heteroatoms. The highest BCUT2D eigenvalue weighted by molar-refractivity contribution is 6.32. The van der Waals surface area contributed by atoms with E-state index >= 15 is 0 Å². The Kier molecular flexibility index (Phi) is 5.77. The van der Waals surface area contributed by atoms with Gasteiger partial charge in [-0.15, -0.1) is 0 Å². The SMILES string of the molecule is O=C(O)CCC(=O)c1cn(-c2nc(-c3ccccc3)c3cc(Cl)ccc3n2)c2ccc(Cl)cc12. The molecule has 0 fully saturated rings. The van der Waals surface area contributed by atoms with Gasteiger partial charge in [-0.1, -0.05) is 53.5 Å². The van der Waals surface area contributed by atoms with Crippen LogP contribution in [-0.4, -0.2) is 31.4 Å². The maximum atomic E-state index is 12.9. The Bertz CT molecular complexity index is 1580. The molecule has 2 aromatic heterocycles.